The summed E-state index contributed by atoms with van der Waals surface area (Å²) in [7, 11) is 0. The fourth-order valence-corrected chi connectivity index (χ4v) is 2.14. The fraction of sp³-hybridized carbons (Fsp3) is 0.625. The number of nitrogens with zero attached hydrogens (tertiary/aromatic N) is 1. The van der Waals surface area contributed by atoms with Crippen LogP contribution in [0, 0.1) is 0 Å². The highest BCUT2D eigenvalue weighted by Crippen LogP contribution is 2.05. The van der Waals surface area contributed by atoms with Gasteiger partial charge in [0.05, 0.1) is 6.61 Å². The molecule has 3 heteroatoms. The average Bonchev–Trinajstić information content (AvgIpc) is 2.45. The fourth-order valence-electron chi connectivity index (χ4n) is 2.14. The Bertz CT molecular complexity index is 316. The van der Waals surface area contributed by atoms with Crippen molar-refractivity contribution in [2.45, 2.75) is 32.7 Å². The van der Waals surface area contributed by atoms with Crippen molar-refractivity contribution < 1.29 is 4.74 Å². The van der Waals surface area contributed by atoms with Crippen LogP contribution in [0.25, 0.3) is 0 Å². The normalized spacial score (nSPS) is 12.8. The molecule has 0 heterocycles. The molecule has 2 N–H and O–H groups in total. The maximum atomic E-state index is 6.22. The third-order valence-corrected chi connectivity index (χ3v) is 3.34. The van der Waals surface area contributed by atoms with Gasteiger partial charge in [0.25, 0.3) is 0 Å². The van der Waals surface area contributed by atoms with Gasteiger partial charge in [0.2, 0.25) is 0 Å². The Labute approximate surface area is 117 Å². The second-order valence-electron chi connectivity index (χ2n) is 4.87. The SMILES string of the molecule is CCOCCN(CC)CC(N)CCc1ccccc1. The van der Waals surface area contributed by atoms with Crippen LogP contribution in [0.15, 0.2) is 30.3 Å². The molecular formula is C16H28N2O. The van der Waals surface area contributed by atoms with Gasteiger partial charge in [0.1, 0.15) is 0 Å². The van der Waals surface area contributed by atoms with Crippen molar-refractivity contribution in [3.05, 3.63) is 35.9 Å². The quantitative estimate of drug-likeness (QED) is 0.659. The van der Waals surface area contributed by atoms with Gasteiger partial charge in [-0.15, -0.1) is 0 Å². The summed E-state index contributed by atoms with van der Waals surface area (Å²) in [4.78, 5) is 2.37. The highest BCUT2D eigenvalue weighted by Gasteiger charge is 2.09. The maximum Gasteiger partial charge on any atom is 0.0593 e. The Morgan fingerprint density at radius 2 is 1.95 bits per heavy atom. The van der Waals surface area contributed by atoms with Gasteiger partial charge >= 0.3 is 0 Å². The van der Waals surface area contributed by atoms with E-state index in [-0.39, 0.29) is 6.04 Å². The van der Waals surface area contributed by atoms with Crippen molar-refractivity contribution in [3.8, 4) is 0 Å². The van der Waals surface area contributed by atoms with Gasteiger partial charge in [-0.3, -0.25) is 4.90 Å². The molecular weight excluding hydrogens is 236 g/mol. The number of ether oxygens (including phenoxy) is 1. The van der Waals surface area contributed by atoms with Crippen molar-refractivity contribution in [1.82, 2.24) is 4.90 Å². The van der Waals surface area contributed by atoms with Gasteiger partial charge < -0.3 is 10.5 Å². The molecule has 19 heavy (non-hydrogen) atoms. The van der Waals surface area contributed by atoms with Gasteiger partial charge in [-0.25, -0.2) is 0 Å². The lowest BCUT2D eigenvalue weighted by atomic mass is 10.1. The topological polar surface area (TPSA) is 38.5 Å². The molecule has 0 saturated carbocycles. The van der Waals surface area contributed by atoms with E-state index in [0.717, 1.165) is 45.7 Å². The lowest BCUT2D eigenvalue weighted by Crippen LogP contribution is -2.39. The molecule has 0 amide bonds. The van der Waals surface area contributed by atoms with E-state index in [9.17, 15) is 0 Å². The summed E-state index contributed by atoms with van der Waals surface area (Å²) in [5, 5.41) is 0. The molecule has 0 fully saturated rings. The third kappa shape index (κ3) is 7.31. The summed E-state index contributed by atoms with van der Waals surface area (Å²) >= 11 is 0. The van der Waals surface area contributed by atoms with Crippen molar-refractivity contribution in [2.75, 3.05) is 32.8 Å². The van der Waals surface area contributed by atoms with Crippen LogP contribution >= 0.6 is 0 Å². The Morgan fingerprint density at radius 3 is 2.58 bits per heavy atom. The van der Waals surface area contributed by atoms with E-state index in [0.29, 0.717) is 0 Å². The van der Waals surface area contributed by atoms with Gasteiger partial charge in [-0.05, 0) is 31.9 Å². The van der Waals surface area contributed by atoms with Crippen LogP contribution in [0.2, 0.25) is 0 Å². The van der Waals surface area contributed by atoms with Gasteiger partial charge in [-0.1, -0.05) is 37.3 Å². The first-order valence-corrected chi connectivity index (χ1v) is 7.35. The zero-order valence-electron chi connectivity index (χ0n) is 12.3. The monoisotopic (exact) mass is 264 g/mol. The second-order valence-corrected chi connectivity index (χ2v) is 4.87. The van der Waals surface area contributed by atoms with Crippen LogP contribution in [-0.2, 0) is 11.2 Å². The van der Waals surface area contributed by atoms with Crippen LogP contribution in [0.5, 0.6) is 0 Å². The summed E-state index contributed by atoms with van der Waals surface area (Å²) in [5.74, 6) is 0. The van der Waals surface area contributed by atoms with Crippen molar-refractivity contribution in [1.29, 1.82) is 0 Å². The molecule has 3 nitrogen and oxygen atoms in total. The molecule has 1 aromatic rings. The number of aryl methyl sites for hydroxylation is 1. The summed E-state index contributed by atoms with van der Waals surface area (Å²) in [6.45, 7) is 8.76. The maximum absolute atomic E-state index is 6.22. The molecule has 0 aliphatic rings. The summed E-state index contributed by atoms with van der Waals surface area (Å²) < 4.78 is 5.39. The summed E-state index contributed by atoms with van der Waals surface area (Å²) in [5.41, 5.74) is 7.59. The predicted octanol–water partition coefficient (Wildman–Crippen LogP) is 2.30. The van der Waals surface area contributed by atoms with Crippen LogP contribution in [0.1, 0.15) is 25.8 Å². The lowest BCUT2D eigenvalue weighted by Gasteiger charge is -2.24. The van der Waals surface area contributed by atoms with E-state index < -0.39 is 0 Å². The van der Waals surface area contributed by atoms with E-state index in [1.165, 1.54) is 5.56 Å². The van der Waals surface area contributed by atoms with Crippen molar-refractivity contribution in [2.24, 2.45) is 5.73 Å². The van der Waals surface area contributed by atoms with Gasteiger partial charge in [-0.2, -0.15) is 0 Å². The second kappa shape index (κ2) is 9.96. The van der Waals surface area contributed by atoms with E-state index in [4.69, 9.17) is 10.5 Å². The van der Waals surface area contributed by atoms with E-state index in [1.807, 2.05) is 6.92 Å². The number of hydrogen-bond acceptors (Lipinski definition) is 3. The molecule has 0 bridgehead atoms. The number of hydrogen-bond donors (Lipinski definition) is 1. The Kier molecular flexibility index (Phi) is 8.47. The van der Waals surface area contributed by atoms with Gasteiger partial charge in [0.15, 0.2) is 0 Å². The Morgan fingerprint density at radius 1 is 1.21 bits per heavy atom. The molecule has 0 spiro atoms. The predicted molar refractivity (Wildman–Crippen MR) is 81.3 cm³/mol. The lowest BCUT2D eigenvalue weighted by molar-refractivity contribution is 0.112. The van der Waals surface area contributed by atoms with Crippen LogP contribution in [0.4, 0.5) is 0 Å². The minimum Gasteiger partial charge on any atom is -0.380 e. The standard InChI is InChI=1S/C16H28N2O/c1-3-18(12-13-19-4-2)14-16(17)11-10-15-8-6-5-7-9-15/h5-9,16H,3-4,10-14,17H2,1-2H3. The van der Waals surface area contributed by atoms with Gasteiger partial charge in [0, 0.05) is 25.7 Å². The minimum atomic E-state index is 0.238. The number of benzene rings is 1. The molecule has 108 valence electrons. The number of rotatable bonds is 10. The Hall–Kier alpha value is -0.900. The molecule has 0 saturated heterocycles. The first-order valence-electron chi connectivity index (χ1n) is 7.35. The van der Waals surface area contributed by atoms with Crippen molar-refractivity contribution >= 4 is 0 Å². The third-order valence-electron chi connectivity index (χ3n) is 3.34. The smallest absolute Gasteiger partial charge is 0.0593 e. The molecule has 1 unspecified atom stereocenters. The van der Waals surface area contributed by atoms with E-state index >= 15 is 0 Å². The first-order chi connectivity index (χ1) is 9.26. The highest BCUT2D eigenvalue weighted by atomic mass is 16.5. The minimum absolute atomic E-state index is 0.238. The van der Waals surface area contributed by atoms with Crippen LogP contribution in [0.3, 0.4) is 0 Å². The molecule has 1 atom stereocenters. The van der Waals surface area contributed by atoms with E-state index in [2.05, 4.69) is 42.2 Å². The molecule has 1 rings (SSSR count). The average molecular weight is 264 g/mol. The number of nitrogens with two attached hydrogens (primary N) is 1. The first kappa shape index (κ1) is 16.2. The Balaban J connectivity index is 2.22. The van der Waals surface area contributed by atoms with Crippen molar-refractivity contribution in [3.63, 3.8) is 0 Å². The molecule has 0 aliphatic heterocycles. The molecule has 1 aromatic carbocycles. The zero-order chi connectivity index (χ0) is 13.9. The zero-order valence-corrected chi connectivity index (χ0v) is 12.3. The highest BCUT2D eigenvalue weighted by molar-refractivity contribution is 5.14. The molecule has 0 radical (unpaired) electrons. The summed E-state index contributed by atoms with van der Waals surface area (Å²) in [6, 6.07) is 10.8. The molecule has 0 aliphatic carbocycles. The summed E-state index contributed by atoms with van der Waals surface area (Å²) in [6.07, 6.45) is 2.10. The number of likely N-dealkylation sites (N-methyl/N-ethyl adjacent to an activating group) is 1. The molecule has 0 aromatic heterocycles. The van der Waals surface area contributed by atoms with Crippen LogP contribution in [-0.4, -0.2) is 43.8 Å². The van der Waals surface area contributed by atoms with E-state index in [1.54, 1.807) is 0 Å². The van der Waals surface area contributed by atoms with Crippen LogP contribution < -0.4 is 5.73 Å². The largest absolute Gasteiger partial charge is 0.380 e.